The summed E-state index contributed by atoms with van der Waals surface area (Å²) in [5.74, 6) is 0.0196. The number of ether oxygens (including phenoxy) is 1. The number of rotatable bonds is 6. The highest BCUT2D eigenvalue weighted by Crippen LogP contribution is 2.38. The molecular weight excluding hydrogens is 298 g/mol. The molecular formula is C16H19N3O4. The molecule has 1 unspecified atom stereocenters. The third-order valence-corrected chi connectivity index (χ3v) is 4.06. The molecule has 1 aromatic heterocycles. The number of benzene rings is 1. The van der Waals surface area contributed by atoms with Gasteiger partial charge in [0.05, 0.1) is 12.7 Å². The van der Waals surface area contributed by atoms with Gasteiger partial charge in [-0.3, -0.25) is 4.57 Å². The van der Waals surface area contributed by atoms with E-state index in [-0.39, 0.29) is 11.7 Å². The number of aliphatic carboxylic acids is 1. The van der Waals surface area contributed by atoms with E-state index in [0.29, 0.717) is 23.6 Å². The van der Waals surface area contributed by atoms with E-state index >= 15 is 0 Å². The molecule has 0 saturated heterocycles. The highest BCUT2D eigenvalue weighted by atomic mass is 16.5. The van der Waals surface area contributed by atoms with Gasteiger partial charge in [0.15, 0.2) is 11.9 Å². The van der Waals surface area contributed by atoms with Gasteiger partial charge in [0.25, 0.3) is 0 Å². The van der Waals surface area contributed by atoms with Crippen molar-refractivity contribution < 1.29 is 14.6 Å². The summed E-state index contributed by atoms with van der Waals surface area (Å²) in [6.07, 6.45) is 2.09. The van der Waals surface area contributed by atoms with Gasteiger partial charge < -0.3 is 9.84 Å². The van der Waals surface area contributed by atoms with E-state index in [1.54, 1.807) is 24.7 Å². The molecule has 0 aliphatic heterocycles. The summed E-state index contributed by atoms with van der Waals surface area (Å²) in [6.45, 7) is 1.73. The molecule has 122 valence electrons. The van der Waals surface area contributed by atoms with Crippen molar-refractivity contribution in [1.82, 2.24) is 14.3 Å². The predicted molar refractivity (Wildman–Crippen MR) is 83.7 cm³/mol. The number of carboxylic acids is 1. The number of hydrogen-bond donors (Lipinski definition) is 1. The summed E-state index contributed by atoms with van der Waals surface area (Å²) in [7, 11) is 1.56. The Hall–Kier alpha value is -2.57. The van der Waals surface area contributed by atoms with Crippen LogP contribution in [0.2, 0.25) is 0 Å². The predicted octanol–water partition coefficient (Wildman–Crippen LogP) is 2.09. The van der Waals surface area contributed by atoms with Crippen molar-refractivity contribution in [3.05, 3.63) is 34.7 Å². The molecule has 2 aromatic rings. The van der Waals surface area contributed by atoms with Crippen LogP contribution >= 0.6 is 0 Å². The summed E-state index contributed by atoms with van der Waals surface area (Å²) >= 11 is 0. The smallest absolute Gasteiger partial charge is 0.347 e. The van der Waals surface area contributed by atoms with Gasteiger partial charge in [-0.1, -0.05) is 19.1 Å². The van der Waals surface area contributed by atoms with Crippen molar-refractivity contribution in [2.75, 3.05) is 7.11 Å². The number of nitrogens with zero attached hydrogens (tertiary/aromatic N) is 3. The molecule has 1 heterocycles. The highest BCUT2D eigenvalue weighted by Gasteiger charge is 2.33. The summed E-state index contributed by atoms with van der Waals surface area (Å²) in [4.78, 5) is 24.1. The normalized spacial score (nSPS) is 15.4. The van der Waals surface area contributed by atoms with Crippen molar-refractivity contribution in [2.24, 2.45) is 0 Å². The molecule has 1 aromatic carbocycles. The number of methoxy groups -OCH3 is 1. The first kappa shape index (κ1) is 15.3. The third kappa shape index (κ3) is 2.62. The number of hydrogen-bond acceptors (Lipinski definition) is 4. The zero-order valence-corrected chi connectivity index (χ0v) is 13.1. The molecule has 1 N–H and O–H groups in total. The minimum atomic E-state index is -1.05. The van der Waals surface area contributed by atoms with Gasteiger partial charge in [0.2, 0.25) is 0 Å². The van der Waals surface area contributed by atoms with Crippen LogP contribution in [0.1, 0.15) is 38.3 Å². The first-order valence-electron chi connectivity index (χ1n) is 7.65. The van der Waals surface area contributed by atoms with E-state index in [1.807, 2.05) is 18.2 Å². The first-order valence-corrected chi connectivity index (χ1v) is 7.65. The fourth-order valence-electron chi connectivity index (χ4n) is 2.72. The van der Waals surface area contributed by atoms with Gasteiger partial charge in [0, 0.05) is 6.04 Å². The lowest BCUT2D eigenvalue weighted by Gasteiger charge is -2.08. The van der Waals surface area contributed by atoms with Crippen LogP contribution in [0.5, 0.6) is 5.75 Å². The SMILES string of the molecule is CCC(C(=O)O)n1nc(-c2ccccc2OC)n(C2CC2)c1=O. The largest absolute Gasteiger partial charge is 0.496 e. The van der Waals surface area contributed by atoms with Crippen LogP contribution in [0.15, 0.2) is 29.1 Å². The Kier molecular flexibility index (Phi) is 3.94. The van der Waals surface area contributed by atoms with E-state index in [4.69, 9.17) is 4.74 Å². The Morgan fingerprint density at radius 3 is 2.70 bits per heavy atom. The fraction of sp³-hybridized carbons (Fsp3) is 0.438. The Balaban J connectivity index is 2.21. The lowest BCUT2D eigenvalue weighted by atomic mass is 10.2. The maximum absolute atomic E-state index is 12.7. The fourth-order valence-corrected chi connectivity index (χ4v) is 2.72. The second-order valence-electron chi connectivity index (χ2n) is 5.61. The molecule has 0 radical (unpaired) electrons. The molecule has 0 spiro atoms. The maximum Gasteiger partial charge on any atom is 0.347 e. The second kappa shape index (κ2) is 5.91. The average Bonchev–Trinajstić information content (AvgIpc) is 3.32. The molecule has 1 atom stereocenters. The van der Waals surface area contributed by atoms with Crippen LogP contribution in [-0.4, -0.2) is 32.5 Å². The topological polar surface area (TPSA) is 86.3 Å². The third-order valence-electron chi connectivity index (χ3n) is 4.06. The van der Waals surface area contributed by atoms with Gasteiger partial charge >= 0.3 is 11.7 Å². The molecule has 1 fully saturated rings. The summed E-state index contributed by atoms with van der Waals surface area (Å²) < 4.78 is 8.04. The number of para-hydroxylation sites is 1. The molecule has 7 nitrogen and oxygen atoms in total. The van der Waals surface area contributed by atoms with Crippen molar-refractivity contribution in [3.8, 4) is 17.1 Å². The molecule has 1 saturated carbocycles. The summed E-state index contributed by atoms with van der Waals surface area (Å²) in [5.41, 5.74) is 0.320. The lowest BCUT2D eigenvalue weighted by Crippen LogP contribution is -2.31. The number of aromatic nitrogens is 3. The van der Waals surface area contributed by atoms with Crippen molar-refractivity contribution >= 4 is 5.97 Å². The zero-order valence-electron chi connectivity index (χ0n) is 13.1. The standard InChI is InChI=1S/C16H19N3O4/c1-3-12(15(20)21)19-16(22)18(10-8-9-10)14(17-19)11-6-4-5-7-13(11)23-2/h4-7,10,12H,3,8-9H2,1-2H3,(H,20,21). The number of carbonyl (C=O) groups is 1. The quantitative estimate of drug-likeness (QED) is 0.881. The zero-order chi connectivity index (χ0) is 16.6. The minimum Gasteiger partial charge on any atom is -0.496 e. The molecule has 3 rings (SSSR count). The monoisotopic (exact) mass is 317 g/mol. The molecule has 23 heavy (non-hydrogen) atoms. The molecule has 1 aliphatic rings. The van der Waals surface area contributed by atoms with Crippen LogP contribution < -0.4 is 10.4 Å². The van der Waals surface area contributed by atoms with Crippen molar-refractivity contribution in [3.63, 3.8) is 0 Å². The highest BCUT2D eigenvalue weighted by molar-refractivity contribution is 5.72. The minimum absolute atomic E-state index is 0.0856. The first-order chi connectivity index (χ1) is 11.1. The summed E-state index contributed by atoms with van der Waals surface area (Å²) in [5, 5.41) is 13.7. The molecule has 1 aliphatic carbocycles. The summed E-state index contributed by atoms with van der Waals surface area (Å²) in [6, 6.07) is 6.42. The lowest BCUT2D eigenvalue weighted by molar-refractivity contribution is -0.141. The van der Waals surface area contributed by atoms with Gasteiger partial charge in [-0.2, -0.15) is 4.68 Å². The van der Waals surface area contributed by atoms with Crippen LogP contribution in [0.25, 0.3) is 11.4 Å². The van der Waals surface area contributed by atoms with Gasteiger partial charge in [-0.05, 0) is 31.4 Å². The van der Waals surface area contributed by atoms with Gasteiger partial charge in [-0.15, -0.1) is 5.10 Å². The van der Waals surface area contributed by atoms with E-state index in [9.17, 15) is 14.7 Å². The molecule has 0 amide bonds. The van der Waals surface area contributed by atoms with Crippen molar-refractivity contribution in [1.29, 1.82) is 0 Å². The van der Waals surface area contributed by atoms with E-state index in [2.05, 4.69) is 5.10 Å². The van der Waals surface area contributed by atoms with E-state index < -0.39 is 12.0 Å². The molecule has 0 bridgehead atoms. The maximum atomic E-state index is 12.7. The van der Waals surface area contributed by atoms with Crippen molar-refractivity contribution in [2.45, 2.75) is 38.3 Å². The van der Waals surface area contributed by atoms with Crippen LogP contribution in [0, 0.1) is 0 Å². The second-order valence-corrected chi connectivity index (χ2v) is 5.61. The van der Waals surface area contributed by atoms with E-state index in [1.165, 1.54) is 0 Å². The van der Waals surface area contributed by atoms with E-state index in [0.717, 1.165) is 17.5 Å². The Labute approximate surface area is 133 Å². The average molecular weight is 317 g/mol. The Bertz CT molecular complexity index is 789. The Morgan fingerprint density at radius 2 is 2.13 bits per heavy atom. The van der Waals surface area contributed by atoms with Crippen LogP contribution in [0.4, 0.5) is 0 Å². The van der Waals surface area contributed by atoms with Crippen LogP contribution in [0.3, 0.4) is 0 Å². The van der Waals surface area contributed by atoms with Gasteiger partial charge in [-0.25, -0.2) is 9.59 Å². The number of carboxylic acid groups (broad SMARTS) is 1. The molecule has 7 heteroatoms. The van der Waals surface area contributed by atoms with Crippen LogP contribution in [-0.2, 0) is 4.79 Å². The Morgan fingerprint density at radius 1 is 1.43 bits per heavy atom. The van der Waals surface area contributed by atoms with Gasteiger partial charge in [0.1, 0.15) is 5.75 Å².